The Morgan fingerprint density at radius 1 is 1.61 bits per heavy atom. The smallest absolute Gasteiger partial charge is 0.186 e. The van der Waals surface area contributed by atoms with E-state index < -0.39 is 11.4 Å². The zero-order valence-corrected chi connectivity index (χ0v) is 10.6. The molecule has 1 fully saturated rings. The highest BCUT2D eigenvalue weighted by Crippen LogP contribution is 2.26. The molecule has 0 aliphatic carbocycles. The van der Waals surface area contributed by atoms with E-state index in [9.17, 15) is 9.50 Å². The molecule has 1 aliphatic rings. The third-order valence-corrected chi connectivity index (χ3v) is 3.42. The molecular weight excluding hydrogens is 237 g/mol. The van der Waals surface area contributed by atoms with Crippen LogP contribution < -0.4 is 5.32 Å². The van der Waals surface area contributed by atoms with E-state index in [0.717, 1.165) is 0 Å². The average Bonchev–Trinajstić information content (AvgIpc) is 2.69. The van der Waals surface area contributed by atoms with Crippen molar-refractivity contribution in [1.82, 2.24) is 9.97 Å². The molecule has 5 nitrogen and oxygen atoms in total. The van der Waals surface area contributed by atoms with Crippen molar-refractivity contribution >= 4 is 5.82 Å². The van der Waals surface area contributed by atoms with Crippen molar-refractivity contribution in [3.63, 3.8) is 0 Å². The minimum absolute atomic E-state index is 0.134. The van der Waals surface area contributed by atoms with Gasteiger partial charge in [0.1, 0.15) is 11.9 Å². The van der Waals surface area contributed by atoms with E-state index in [-0.39, 0.29) is 18.5 Å². The molecular formula is C12H18FN3O2. The number of aromatic nitrogens is 2. The third-order valence-electron chi connectivity index (χ3n) is 3.42. The second-order valence-corrected chi connectivity index (χ2v) is 4.56. The summed E-state index contributed by atoms with van der Waals surface area (Å²) in [5.41, 5.74) is -0.598. The van der Waals surface area contributed by atoms with Crippen LogP contribution in [0.15, 0.2) is 6.33 Å². The quantitative estimate of drug-likeness (QED) is 0.844. The molecule has 2 N–H and O–H groups in total. The predicted octanol–water partition coefficient (Wildman–Crippen LogP) is 1.13. The number of hydrogen-bond donors (Lipinski definition) is 2. The first-order chi connectivity index (χ1) is 8.57. The third kappa shape index (κ3) is 2.44. The van der Waals surface area contributed by atoms with Crippen molar-refractivity contribution in [3.05, 3.63) is 17.8 Å². The zero-order valence-electron chi connectivity index (χ0n) is 10.6. The first-order valence-corrected chi connectivity index (χ1v) is 6.14. The van der Waals surface area contributed by atoms with Crippen LogP contribution in [-0.2, 0) is 11.2 Å². The van der Waals surface area contributed by atoms with Crippen LogP contribution in [0, 0.1) is 5.82 Å². The van der Waals surface area contributed by atoms with Gasteiger partial charge in [0, 0.05) is 19.6 Å². The lowest BCUT2D eigenvalue weighted by Crippen LogP contribution is -2.43. The molecule has 0 saturated carbocycles. The Kier molecular flexibility index (Phi) is 3.77. The van der Waals surface area contributed by atoms with Crippen LogP contribution in [0.2, 0.25) is 0 Å². The van der Waals surface area contributed by atoms with Crippen molar-refractivity contribution in [2.45, 2.75) is 38.4 Å². The monoisotopic (exact) mass is 255 g/mol. The van der Waals surface area contributed by atoms with E-state index >= 15 is 0 Å². The van der Waals surface area contributed by atoms with Gasteiger partial charge < -0.3 is 15.2 Å². The maximum absolute atomic E-state index is 13.9. The lowest BCUT2D eigenvalue weighted by Gasteiger charge is -2.26. The molecule has 18 heavy (non-hydrogen) atoms. The molecule has 0 radical (unpaired) electrons. The number of aryl methyl sites for hydroxylation is 1. The van der Waals surface area contributed by atoms with Gasteiger partial charge in [-0.2, -0.15) is 0 Å². The fourth-order valence-corrected chi connectivity index (χ4v) is 2.02. The Bertz CT molecular complexity index is 430. The summed E-state index contributed by atoms with van der Waals surface area (Å²) in [6.45, 7) is 4.37. The maximum atomic E-state index is 13.9. The number of aliphatic hydroxyl groups is 1. The van der Waals surface area contributed by atoms with Gasteiger partial charge in [-0.1, -0.05) is 6.92 Å². The van der Waals surface area contributed by atoms with Gasteiger partial charge in [-0.15, -0.1) is 0 Å². The summed E-state index contributed by atoms with van der Waals surface area (Å²) in [4.78, 5) is 7.71. The van der Waals surface area contributed by atoms with Gasteiger partial charge in [-0.3, -0.25) is 0 Å². The molecule has 0 aromatic carbocycles. The van der Waals surface area contributed by atoms with Crippen LogP contribution in [0.1, 0.15) is 26.0 Å². The molecule has 2 rings (SSSR count). The summed E-state index contributed by atoms with van der Waals surface area (Å²) in [6.07, 6.45) is 2.10. The summed E-state index contributed by atoms with van der Waals surface area (Å²) >= 11 is 0. The van der Waals surface area contributed by atoms with Gasteiger partial charge in [0.2, 0.25) is 0 Å². The summed E-state index contributed by atoms with van der Waals surface area (Å²) in [5.74, 6) is -0.315. The number of nitrogens with one attached hydrogen (secondary N) is 1. The van der Waals surface area contributed by atoms with Crippen LogP contribution in [-0.4, -0.2) is 39.9 Å². The van der Waals surface area contributed by atoms with Crippen molar-refractivity contribution in [3.8, 4) is 0 Å². The lowest BCUT2D eigenvalue weighted by atomic mass is 9.97. The molecule has 1 aliphatic heterocycles. The van der Waals surface area contributed by atoms with Crippen molar-refractivity contribution in [1.29, 1.82) is 0 Å². The molecule has 2 unspecified atom stereocenters. The van der Waals surface area contributed by atoms with Crippen molar-refractivity contribution < 1.29 is 14.2 Å². The number of hydrogen-bond acceptors (Lipinski definition) is 5. The minimum atomic E-state index is -0.968. The minimum Gasteiger partial charge on any atom is -0.385 e. The van der Waals surface area contributed by atoms with Gasteiger partial charge in [0.05, 0.1) is 11.8 Å². The van der Waals surface area contributed by atoms with Gasteiger partial charge >= 0.3 is 0 Å². The van der Waals surface area contributed by atoms with E-state index in [2.05, 4.69) is 15.3 Å². The van der Waals surface area contributed by atoms with Crippen LogP contribution in [0.4, 0.5) is 10.2 Å². The fourth-order valence-electron chi connectivity index (χ4n) is 2.02. The molecule has 100 valence electrons. The Balaban J connectivity index is 2.06. The summed E-state index contributed by atoms with van der Waals surface area (Å²) in [5, 5.41) is 13.1. The van der Waals surface area contributed by atoms with Gasteiger partial charge in [0.25, 0.3) is 0 Å². The zero-order chi connectivity index (χ0) is 13.2. The molecule has 2 heterocycles. The second kappa shape index (κ2) is 5.16. The van der Waals surface area contributed by atoms with Crippen LogP contribution in [0.5, 0.6) is 0 Å². The van der Waals surface area contributed by atoms with E-state index in [0.29, 0.717) is 25.1 Å². The molecule has 0 spiro atoms. The number of ether oxygens (including phenoxy) is 1. The topological polar surface area (TPSA) is 67.3 Å². The molecule has 1 aromatic rings. The Morgan fingerprint density at radius 3 is 3.00 bits per heavy atom. The standard InChI is InChI=1S/C12H18FN3O2/c1-3-9-10(13)11(16-7-15-9)14-6-12(17)4-5-18-8(12)2/h7-8,17H,3-6H2,1-2H3,(H,14,15,16). The van der Waals surface area contributed by atoms with Crippen molar-refractivity contribution in [2.24, 2.45) is 0 Å². The molecule has 0 bridgehead atoms. The lowest BCUT2D eigenvalue weighted by molar-refractivity contribution is -0.0176. The van der Waals surface area contributed by atoms with E-state index in [1.807, 2.05) is 13.8 Å². The molecule has 2 atom stereocenters. The molecule has 6 heteroatoms. The largest absolute Gasteiger partial charge is 0.385 e. The van der Waals surface area contributed by atoms with Gasteiger partial charge in [0.15, 0.2) is 11.6 Å². The van der Waals surface area contributed by atoms with E-state index in [1.54, 1.807) is 0 Å². The highest BCUT2D eigenvalue weighted by molar-refractivity contribution is 5.37. The molecule has 0 amide bonds. The number of halogens is 1. The van der Waals surface area contributed by atoms with E-state index in [4.69, 9.17) is 4.74 Å². The molecule has 1 saturated heterocycles. The van der Waals surface area contributed by atoms with Crippen LogP contribution in [0.3, 0.4) is 0 Å². The summed E-state index contributed by atoms with van der Waals surface area (Å²) in [7, 11) is 0. The fraction of sp³-hybridized carbons (Fsp3) is 0.667. The Morgan fingerprint density at radius 2 is 2.39 bits per heavy atom. The SMILES string of the molecule is CCc1ncnc(NCC2(O)CCOC2C)c1F. The Hall–Kier alpha value is -1.27. The van der Waals surface area contributed by atoms with Gasteiger partial charge in [-0.05, 0) is 13.3 Å². The van der Waals surface area contributed by atoms with Crippen LogP contribution >= 0.6 is 0 Å². The highest BCUT2D eigenvalue weighted by atomic mass is 19.1. The number of anilines is 1. The normalized spacial score (nSPS) is 27.4. The second-order valence-electron chi connectivity index (χ2n) is 4.56. The highest BCUT2D eigenvalue weighted by Gasteiger charge is 2.39. The predicted molar refractivity (Wildman–Crippen MR) is 64.8 cm³/mol. The summed E-state index contributed by atoms with van der Waals surface area (Å²) < 4.78 is 19.2. The van der Waals surface area contributed by atoms with Gasteiger partial charge in [-0.25, -0.2) is 14.4 Å². The molecule has 1 aromatic heterocycles. The maximum Gasteiger partial charge on any atom is 0.186 e. The number of rotatable bonds is 4. The van der Waals surface area contributed by atoms with Crippen LogP contribution in [0.25, 0.3) is 0 Å². The average molecular weight is 255 g/mol. The van der Waals surface area contributed by atoms with E-state index in [1.165, 1.54) is 6.33 Å². The number of nitrogens with zero attached hydrogens (tertiary/aromatic N) is 2. The first kappa shape index (κ1) is 13.2. The summed E-state index contributed by atoms with van der Waals surface area (Å²) in [6, 6.07) is 0. The van der Waals surface area contributed by atoms with Crippen molar-refractivity contribution in [2.75, 3.05) is 18.5 Å². The first-order valence-electron chi connectivity index (χ1n) is 6.14. The Labute approximate surface area is 105 Å².